The summed E-state index contributed by atoms with van der Waals surface area (Å²) in [6, 6.07) is 9.99. The molecule has 1 aromatic carbocycles. The van der Waals surface area contributed by atoms with Crippen molar-refractivity contribution >= 4 is 18.2 Å². The quantitative estimate of drug-likeness (QED) is 0.614. The molecule has 0 saturated heterocycles. The maximum Gasteiger partial charge on any atom is 0.332 e. The number of benzene rings is 1. The fraction of sp³-hybridized carbons (Fsp3) is 0.500. The summed E-state index contributed by atoms with van der Waals surface area (Å²) in [5, 5.41) is 12.4. The number of aliphatic hydroxyl groups is 1. The van der Waals surface area contributed by atoms with Crippen molar-refractivity contribution in [1.29, 1.82) is 0 Å². The molecule has 0 spiro atoms. The number of halogens is 1. The van der Waals surface area contributed by atoms with Crippen molar-refractivity contribution in [2.24, 2.45) is 14.1 Å². The number of aliphatic hydroxyl groups excluding tert-OH is 1. The number of rotatable bonds is 10. The zero-order valence-corrected chi connectivity index (χ0v) is 17.7. The largest absolute Gasteiger partial charge is 0.395 e. The van der Waals surface area contributed by atoms with Gasteiger partial charge in [-0.25, -0.2) is 4.79 Å². The lowest BCUT2D eigenvalue weighted by Crippen LogP contribution is -2.38. The molecule has 1 heterocycles. The molecule has 0 aliphatic heterocycles. The van der Waals surface area contributed by atoms with Crippen LogP contribution in [0, 0.1) is 6.92 Å². The number of anilines is 1. The van der Waals surface area contributed by atoms with Crippen LogP contribution < -0.4 is 16.6 Å². The molecule has 0 unspecified atom stereocenters. The number of nitrogens with one attached hydrogen (secondary N) is 1. The van der Waals surface area contributed by atoms with Gasteiger partial charge in [-0.2, -0.15) is 0 Å². The summed E-state index contributed by atoms with van der Waals surface area (Å²) >= 11 is 0. The van der Waals surface area contributed by atoms with Crippen LogP contribution in [0.1, 0.15) is 17.5 Å². The molecule has 156 valence electrons. The van der Waals surface area contributed by atoms with E-state index in [-0.39, 0.29) is 30.3 Å². The van der Waals surface area contributed by atoms with Gasteiger partial charge in [0.05, 0.1) is 6.61 Å². The molecule has 8 heteroatoms. The molecule has 0 aliphatic rings. The predicted molar refractivity (Wildman–Crippen MR) is 116 cm³/mol. The van der Waals surface area contributed by atoms with Gasteiger partial charge in [-0.15, -0.1) is 12.4 Å². The van der Waals surface area contributed by atoms with E-state index >= 15 is 0 Å². The maximum atomic E-state index is 11.9. The lowest BCUT2D eigenvalue weighted by Gasteiger charge is -2.22. The molecule has 7 nitrogen and oxygen atoms in total. The fourth-order valence-electron chi connectivity index (χ4n) is 2.98. The fourth-order valence-corrected chi connectivity index (χ4v) is 2.98. The molecule has 0 saturated carbocycles. The first-order valence-electron chi connectivity index (χ1n) is 9.32. The molecule has 28 heavy (non-hydrogen) atoms. The summed E-state index contributed by atoms with van der Waals surface area (Å²) in [6.45, 7) is 4.98. The third kappa shape index (κ3) is 6.82. The van der Waals surface area contributed by atoms with Crippen molar-refractivity contribution in [3.8, 4) is 0 Å². The molecule has 2 rings (SSSR count). The molecule has 0 amide bonds. The Morgan fingerprint density at radius 3 is 2.36 bits per heavy atom. The van der Waals surface area contributed by atoms with Gasteiger partial charge in [0.15, 0.2) is 0 Å². The molecular weight excluding hydrogens is 380 g/mol. The van der Waals surface area contributed by atoms with Crippen LogP contribution in [-0.2, 0) is 20.5 Å². The van der Waals surface area contributed by atoms with Crippen LogP contribution in [0.5, 0.6) is 0 Å². The van der Waals surface area contributed by atoms with E-state index in [2.05, 4.69) is 41.4 Å². The first-order valence-corrected chi connectivity index (χ1v) is 9.32. The molecule has 0 aliphatic carbocycles. The number of hydrogen-bond acceptors (Lipinski definition) is 5. The molecule has 1 aromatic heterocycles. The van der Waals surface area contributed by atoms with Crippen LogP contribution in [0.3, 0.4) is 0 Å². The Hall–Kier alpha value is -2.09. The second-order valence-corrected chi connectivity index (χ2v) is 6.85. The lowest BCUT2D eigenvalue weighted by molar-refractivity contribution is 0.199. The Bertz CT molecular complexity index is 846. The van der Waals surface area contributed by atoms with E-state index in [0.29, 0.717) is 18.9 Å². The van der Waals surface area contributed by atoms with Crippen LogP contribution in [0.25, 0.3) is 0 Å². The van der Waals surface area contributed by atoms with E-state index in [1.807, 2.05) is 0 Å². The van der Waals surface area contributed by atoms with Crippen molar-refractivity contribution in [2.45, 2.75) is 19.8 Å². The minimum atomic E-state index is -0.352. The van der Waals surface area contributed by atoms with Gasteiger partial charge in [-0.3, -0.25) is 18.8 Å². The summed E-state index contributed by atoms with van der Waals surface area (Å²) in [4.78, 5) is 25.9. The average Bonchev–Trinajstić information content (AvgIpc) is 2.65. The van der Waals surface area contributed by atoms with E-state index in [1.54, 1.807) is 7.05 Å². The average molecular weight is 411 g/mol. The third-order valence-electron chi connectivity index (χ3n) is 4.74. The topological polar surface area (TPSA) is 79.5 Å². The number of aryl methyl sites for hydroxylation is 2. The highest BCUT2D eigenvalue weighted by atomic mass is 35.5. The first-order chi connectivity index (χ1) is 12.9. The summed E-state index contributed by atoms with van der Waals surface area (Å²) in [6.07, 6.45) is 2.01. The number of hydrogen-bond donors (Lipinski definition) is 2. The minimum absolute atomic E-state index is 0. The van der Waals surface area contributed by atoms with Gasteiger partial charge in [0.1, 0.15) is 5.82 Å². The molecule has 0 bridgehead atoms. The van der Waals surface area contributed by atoms with Gasteiger partial charge in [0, 0.05) is 39.8 Å². The van der Waals surface area contributed by atoms with E-state index in [9.17, 15) is 14.7 Å². The minimum Gasteiger partial charge on any atom is -0.395 e. The Labute approximate surface area is 172 Å². The summed E-state index contributed by atoms with van der Waals surface area (Å²) in [5.74, 6) is 0.506. The second kappa shape index (κ2) is 11.7. The Morgan fingerprint density at radius 1 is 1.04 bits per heavy atom. The van der Waals surface area contributed by atoms with Crippen molar-refractivity contribution in [1.82, 2.24) is 14.0 Å². The summed E-state index contributed by atoms with van der Waals surface area (Å²) < 4.78 is 2.50. The second-order valence-electron chi connectivity index (χ2n) is 6.85. The van der Waals surface area contributed by atoms with Crippen molar-refractivity contribution in [3.05, 3.63) is 62.3 Å². The van der Waals surface area contributed by atoms with Crippen molar-refractivity contribution in [2.75, 3.05) is 38.1 Å². The monoisotopic (exact) mass is 410 g/mol. The van der Waals surface area contributed by atoms with Crippen LogP contribution in [0.4, 0.5) is 5.82 Å². The van der Waals surface area contributed by atoms with Gasteiger partial charge in [0.25, 0.3) is 5.56 Å². The van der Waals surface area contributed by atoms with E-state index in [1.165, 1.54) is 28.8 Å². The summed E-state index contributed by atoms with van der Waals surface area (Å²) in [5.41, 5.74) is 1.90. The normalized spacial score (nSPS) is 10.8. The maximum absolute atomic E-state index is 11.9. The zero-order valence-electron chi connectivity index (χ0n) is 16.9. The molecular formula is C20H31ClN4O3. The highest BCUT2D eigenvalue weighted by Crippen LogP contribution is 2.06. The first kappa shape index (κ1) is 23.9. The predicted octanol–water partition coefficient (Wildman–Crippen LogP) is 1.15. The molecule has 2 N–H and O–H groups in total. The van der Waals surface area contributed by atoms with Crippen molar-refractivity contribution < 1.29 is 5.11 Å². The third-order valence-corrected chi connectivity index (χ3v) is 4.74. The number of nitrogens with zero attached hydrogens (tertiary/aromatic N) is 3. The van der Waals surface area contributed by atoms with Gasteiger partial charge in [-0.05, 0) is 31.9 Å². The van der Waals surface area contributed by atoms with Crippen LogP contribution in [-0.4, -0.2) is 51.9 Å². The molecule has 0 fully saturated rings. The van der Waals surface area contributed by atoms with Gasteiger partial charge >= 0.3 is 5.69 Å². The summed E-state index contributed by atoms with van der Waals surface area (Å²) in [7, 11) is 3.10. The van der Waals surface area contributed by atoms with Crippen molar-refractivity contribution in [3.63, 3.8) is 0 Å². The molecule has 0 radical (unpaired) electrons. The van der Waals surface area contributed by atoms with Crippen LogP contribution in [0.2, 0.25) is 0 Å². The highest BCUT2D eigenvalue weighted by Gasteiger charge is 2.07. The smallest absolute Gasteiger partial charge is 0.332 e. The van der Waals surface area contributed by atoms with E-state index < -0.39 is 0 Å². The standard InChI is InChI=1S/C20H30N4O3.ClH/c1-16-6-8-17(9-7-16)5-4-11-24(13-14-25)12-10-21-18-15-19(26)23(3)20(27)22(18)2;/h6-9,15,21,25H,4-5,10-14H2,1-3H3;1H. The van der Waals surface area contributed by atoms with E-state index in [4.69, 9.17) is 0 Å². The van der Waals surface area contributed by atoms with Gasteiger partial charge < -0.3 is 10.4 Å². The van der Waals surface area contributed by atoms with E-state index in [0.717, 1.165) is 30.5 Å². The lowest BCUT2D eigenvalue weighted by atomic mass is 10.1. The molecule has 0 atom stereocenters. The SMILES string of the molecule is Cc1ccc(CCCN(CCO)CCNc2cc(=O)n(C)c(=O)n2C)cc1.Cl. The Morgan fingerprint density at radius 2 is 1.71 bits per heavy atom. The highest BCUT2D eigenvalue weighted by molar-refractivity contribution is 5.85. The van der Waals surface area contributed by atoms with Crippen LogP contribution in [0.15, 0.2) is 39.9 Å². The van der Waals surface area contributed by atoms with Gasteiger partial charge in [0.2, 0.25) is 0 Å². The number of aromatic nitrogens is 2. The Kier molecular flexibility index (Phi) is 9.99. The van der Waals surface area contributed by atoms with Gasteiger partial charge in [-0.1, -0.05) is 29.8 Å². The zero-order chi connectivity index (χ0) is 19.8. The van der Waals surface area contributed by atoms with Crippen LogP contribution >= 0.6 is 12.4 Å². The Balaban J connectivity index is 0.00000392. The molecule has 2 aromatic rings.